The van der Waals surface area contributed by atoms with E-state index in [9.17, 15) is 18.0 Å². The van der Waals surface area contributed by atoms with Gasteiger partial charge >= 0.3 is 0 Å². The third-order valence-corrected chi connectivity index (χ3v) is 9.07. The monoisotopic (exact) mass is 538 g/mol. The zero-order valence-electron chi connectivity index (χ0n) is 21.5. The van der Waals surface area contributed by atoms with Crippen LogP contribution in [0, 0.1) is 19.7 Å². The van der Waals surface area contributed by atoms with Crippen LogP contribution in [0.4, 0.5) is 4.39 Å². The van der Waals surface area contributed by atoms with Gasteiger partial charge in [0.25, 0.3) is 11.8 Å². The maximum atomic E-state index is 15.0. The van der Waals surface area contributed by atoms with Crippen molar-refractivity contribution in [2.24, 2.45) is 0 Å². The summed E-state index contributed by atoms with van der Waals surface area (Å²) >= 11 is 0. The number of aromatic nitrogens is 1. The van der Waals surface area contributed by atoms with Crippen LogP contribution >= 0.6 is 0 Å². The number of hydrogen-bond acceptors (Lipinski definition) is 5. The number of amides is 2. The molecule has 2 saturated heterocycles. The average molecular weight is 539 g/mol. The van der Waals surface area contributed by atoms with Gasteiger partial charge in [0.15, 0.2) is 9.84 Å². The SMILES string of the molecule is Cc1cccc(C2=C3C(=CCC2)NC(=O)/C3=C\c2[nH]cc(C(=O)NCCN3CCS(=O)(=O)CC3)c2C)c1F. The molecule has 3 N–H and O–H groups in total. The van der Waals surface area contributed by atoms with Gasteiger partial charge in [-0.25, -0.2) is 12.8 Å². The molecule has 3 aliphatic rings. The summed E-state index contributed by atoms with van der Waals surface area (Å²) in [5, 5.41) is 5.81. The Balaban J connectivity index is 1.36. The molecule has 38 heavy (non-hydrogen) atoms. The fraction of sp³-hybridized carbons (Fsp3) is 0.357. The van der Waals surface area contributed by atoms with Crippen LogP contribution in [0.5, 0.6) is 0 Å². The number of H-pyrrole nitrogens is 1. The molecule has 8 nitrogen and oxygen atoms in total. The van der Waals surface area contributed by atoms with Crippen LogP contribution in [0.3, 0.4) is 0 Å². The van der Waals surface area contributed by atoms with E-state index < -0.39 is 9.84 Å². The summed E-state index contributed by atoms with van der Waals surface area (Å²) in [6.07, 6.45) is 6.62. The van der Waals surface area contributed by atoms with E-state index in [2.05, 4.69) is 15.6 Å². The maximum Gasteiger partial charge on any atom is 0.256 e. The Morgan fingerprint density at radius 1 is 1.21 bits per heavy atom. The quantitative estimate of drug-likeness (QED) is 0.490. The predicted molar refractivity (Wildman–Crippen MR) is 144 cm³/mol. The second kappa shape index (κ2) is 10.3. The predicted octanol–water partition coefficient (Wildman–Crippen LogP) is 2.88. The minimum atomic E-state index is -2.94. The Morgan fingerprint density at radius 3 is 2.74 bits per heavy atom. The van der Waals surface area contributed by atoms with Crippen molar-refractivity contribution in [2.75, 3.05) is 37.7 Å². The molecular weight excluding hydrogens is 507 g/mol. The maximum absolute atomic E-state index is 15.0. The third-order valence-electron chi connectivity index (χ3n) is 7.46. The first kappa shape index (κ1) is 26.1. The van der Waals surface area contributed by atoms with Crippen molar-refractivity contribution < 1.29 is 22.4 Å². The second-order valence-electron chi connectivity index (χ2n) is 9.95. The molecular formula is C28H31FN4O4S. The summed E-state index contributed by atoms with van der Waals surface area (Å²) in [4.78, 5) is 31.0. The van der Waals surface area contributed by atoms with E-state index in [1.807, 2.05) is 24.0 Å². The highest BCUT2D eigenvalue weighted by Gasteiger charge is 2.33. The number of rotatable bonds is 6. The summed E-state index contributed by atoms with van der Waals surface area (Å²) in [5.41, 5.74) is 5.47. The molecule has 3 heterocycles. The van der Waals surface area contributed by atoms with Crippen LogP contribution in [0.2, 0.25) is 0 Å². The Morgan fingerprint density at radius 2 is 1.97 bits per heavy atom. The fourth-order valence-corrected chi connectivity index (χ4v) is 6.48. The van der Waals surface area contributed by atoms with E-state index in [0.717, 1.165) is 5.57 Å². The third kappa shape index (κ3) is 5.10. The van der Waals surface area contributed by atoms with E-state index in [0.29, 0.717) is 83.8 Å². The van der Waals surface area contributed by atoms with Crippen LogP contribution in [0.1, 0.15) is 45.6 Å². The first-order valence-electron chi connectivity index (χ1n) is 12.8. The number of nitrogens with zero attached hydrogens (tertiary/aromatic N) is 1. The number of halogens is 1. The molecule has 1 aliphatic carbocycles. The van der Waals surface area contributed by atoms with E-state index in [-0.39, 0.29) is 29.1 Å². The number of aromatic amines is 1. The minimum Gasteiger partial charge on any atom is -0.361 e. The van der Waals surface area contributed by atoms with Gasteiger partial charge in [0, 0.05) is 54.9 Å². The summed E-state index contributed by atoms with van der Waals surface area (Å²) in [7, 11) is -2.94. The largest absolute Gasteiger partial charge is 0.361 e. The van der Waals surface area contributed by atoms with Gasteiger partial charge in [-0.1, -0.05) is 24.3 Å². The molecule has 1 aromatic carbocycles. The lowest BCUT2D eigenvalue weighted by atomic mass is 9.86. The van der Waals surface area contributed by atoms with Crippen molar-refractivity contribution >= 4 is 33.3 Å². The van der Waals surface area contributed by atoms with Crippen molar-refractivity contribution in [1.82, 2.24) is 20.5 Å². The Hall–Kier alpha value is -3.50. The molecule has 2 amide bonds. The summed E-state index contributed by atoms with van der Waals surface area (Å²) in [5.74, 6) is -0.494. The Labute approximate surface area is 221 Å². The first-order chi connectivity index (χ1) is 18.1. The fourth-order valence-electron chi connectivity index (χ4n) is 5.20. The number of hydrogen-bond donors (Lipinski definition) is 3. The number of allylic oxidation sites excluding steroid dienone is 3. The molecule has 200 valence electrons. The van der Waals surface area contributed by atoms with E-state index in [1.54, 1.807) is 31.3 Å². The topological polar surface area (TPSA) is 111 Å². The summed E-state index contributed by atoms with van der Waals surface area (Å²) < 4.78 is 38.2. The number of aryl methyl sites for hydroxylation is 1. The van der Waals surface area contributed by atoms with Crippen molar-refractivity contribution in [3.63, 3.8) is 0 Å². The highest BCUT2D eigenvalue weighted by Crippen LogP contribution is 2.41. The molecule has 2 aromatic rings. The van der Waals surface area contributed by atoms with Crippen molar-refractivity contribution in [2.45, 2.75) is 26.7 Å². The van der Waals surface area contributed by atoms with Gasteiger partial charge in [-0.05, 0) is 49.5 Å². The number of carbonyl (C=O) groups excluding carboxylic acids is 2. The average Bonchev–Trinajstić information content (AvgIpc) is 3.41. The van der Waals surface area contributed by atoms with E-state index in [4.69, 9.17) is 0 Å². The van der Waals surface area contributed by atoms with Crippen molar-refractivity contribution in [1.29, 1.82) is 0 Å². The number of carbonyl (C=O) groups is 2. The molecule has 0 unspecified atom stereocenters. The molecule has 0 spiro atoms. The molecule has 10 heteroatoms. The van der Waals surface area contributed by atoms with Gasteiger partial charge in [-0.2, -0.15) is 0 Å². The highest BCUT2D eigenvalue weighted by atomic mass is 32.2. The van der Waals surface area contributed by atoms with Crippen LogP contribution < -0.4 is 10.6 Å². The van der Waals surface area contributed by atoms with E-state index in [1.165, 1.54) is 0 Å². The molecule has 5 rings (SSSR count). The van der Waals surface area contributed by atoms with Crippen LogP contribution in [0.15, 0.2) is 47.3 Å². The van der Waals surface area contributed by atoms with E-state index >= 15 is 4.39 Å². The molecule has 0 atom stereocenters. The van der Waals surface area contributed by atoms with Crippen LogP contribution in [-0.4, -0.2) is 67.8 Å². The standard InChI is InChI=1S/C28H31FN4O4S/c1-17-5-3-7-20(26(17)29)19-6-4-8-23-25(19)21(28(35)32-23)15-24-18(2)22(16-31-24)27(34)30-9-10-33-11-13-38(36,37)14-12-33/h3,5,7-8,15-16,31H,4,6,9-14H2,1-2H3,(H,30,34)(H,32,35)/b21-15-. The zero-order chi connectivity index (χ0) is 27.0. The van der Waals surface area contributed by atoms with Crippen molar-refractivity contribution in [3.05, 3.63) is 81.1 Å². The number of fused-ring (bicyclic) bond motifs is 1. The molecule has 1 aromatic heterocycles. The lowest BCUT2D eigenvalue weighted by molar-refractivity contribution is -0.115. The Bertz CT molecular complexity index is 1500. The van der Waals surface area contributed by atoms with Gasteiger partial charge in [-0.15, -0.1) is 0 Å². The summed E-state index contributed by atoms with van der Waals surface area (Å²) in [6, 6.07) is 5.30. The number of benzene rings is 1. The molecule has 2 aliphatic heterocycles. The summed E-state index contributed by atoms with van der Waals surface area (Å²) in [6.45, 7) is 5.46. The Kier molecular flexibility index (Phi) is 7.11. The van der Waals surface area contributed by atoms with Crippen molar-refractivity contribution in [3.8, 4) is 0 Å². The lowest BCUT2D eigenvalue weighted by Gasteiger charge is -2.26. The van der Waals surface area contributed by atoms with Crippen LogP contribution in [0.25, 0.3) is 11.6 Å². The molecule has 2 fully saturated rings. The minimum absolute atomic E-state index is 0.148. The number of nitrogens with one attached hydrogen (secondary N) is 3. The molecule has 0 saturated carbocycles. The molecule has 0 bridgehead atoms. The van der Waals surface area contributed by atoms with Crippen LogP contribution in [-0.2, 0) is 14.6 Å². The van der Waals surface area contributed by atoms with Gasteiger partial charge < -0.3 is 15.6 Å². The molecule has 0 radical (unpaired) electrons. The first-order valence-corrected chi connectivity index (χ1v) is 14.6. The second-order valence-corrected chi connectivity index (χ2v) is 12.3. The lowest BCUT2D eigenvalue weighted by Crippen LogP contribution is -2.43. The number of sulfone groups is 1. The van der Waals surface area contributed by atoms with Gasteiger partial charge in [0.05, 0.1) is 22.6 Å². The normalized spacial score (nSPS) is 20.3. The highest BCUT2D eigenvalue weighted by molar-refractivity contribution is 7.91. The van der Waals surface area contributed by atoms with Gasteiger partial charge in [0.2, 0.25) is 0 Å². The zero-order valence-corrected chi connectivity index (χ0v) is 22.3. The van der Waals surface area contributed by atoms with Gasteiger partial charge in [-0.3, -0.25) is 14.5 Å². The van der Waals surface area contributed by atoms with Gasteiger partial charge in [0.1, 0.15) is 5.82 Å². The smallest absolute Gasteiger partial charge is 0.256 e.